The predicted octanol–water partition coefficient (Wildman–Crippen LogP) is 2.71. The number of ether oxygens (including phenoxy) is 1. The van der Waals surface area contributed by atoms with Crippen molar-refractivity contribution in [3.05, 3.63) is 35.4 Å². The third kappa shape index (κ3) is 3.12. The number of hydrogen-bond donors (Lipinski definition) is 1. The third-order valence-electron chi connectivity index (χ3n) is 3.61. The van der Waals surface area contributed by atoms with Gasteiger partial charge in [0.2, 0.25) is 0 Å². The summed E-state index contributed by atoms with van der Waals surface area (Å²) in [6, 6.07) is 5.18. The zero-order valence-electron chi connectivity index (χ0n) is 11.0. The van der Waals surface area contributed by atoms with E-state index >= 15 is 0 Å². The average Bonchev–Trinajstić information content (AvgIpc) is 2.46. The van der Waals surface area contributed by atoms with Crippen LogP contribution in [0.4, 0.5) is 13.2 Å². The molecule has 0 radical (unpaired) electrons. The van der Waals surface area contributed by atoms with E-state index in [1.807, 2.05) is 0 Å². The maximum absolute atomic E-state index is 13.0. The van der Waals surface area contributed by atoms with Crippen molar-refractivity contribution in [3.63, 3.8) is 0 Å². The second-order valence-corrected chi connectivity index (χ2v) is 4.84. The van der Waals surface area contributed by atoms with E-state index in [1.165, 1.54) is 19.2 Å². The number of nitrogens with one attached hydrogen (secondary N) is 1. The lowest BCUT2D eigenvalue weighted by Gasteiger charge is -2.30. The molecule has 20 heavy (non-hydrogen) atoms. The van der Waals surface area contributed by atoms with Gasteiger partial charge >= 0.3 is 12.1 Å². The minimum Gasteiger partial charge on any atom is -0.468 e. The van der Waals surface area contributed by atoms with Crippen molar-refractivity contribution in [2.75, 3.05) is 13.7 Å². The highest BCUT2D eigenvalue weighted by Crippen LogP contribution is 2.37. The molecule has 110 valence electrons. The molecule has 6 heteroatoms. The van der Waals surface area contributed by atoms with Crippen LogP contribution < -0.4 is 5.32 Å². The molecule has 2 rings (SSSR count). The van der Waals surface area contributed by atoms with Crippen LogP contribution in [-0.4, -0.2) is 25.7 Å². The number of methoxy groups -OCH3 is 1. The minimum atomic E-state index is -4.35. The highest BCUT2D eigenvalue weighted by atomic mass is 19.4. The number of rotatable bonds is 2. The van der Waals surface area contributed by atoms with Crippen LogP contribution >= 0.6 is 0 Å². The van der Waals surface area contributed by atoms with Gasteiger partial charge in [0.15, 0.2) is 0 Å². The molecule has 1 aromatic rings. The Kier molecular flexibility index (Phi) is 4.32. The van der Waals surface area contributed by atoms with Crippen LogP contribution in [0.5, 0.6) is 0 Å². The van der Waals surface area contributed by atoms with Crippen LogP contribution in [0.3, 0.4) is 0 Å². The molecular weight excluding hydrogens is 271 g/mol. The summed E-state index contributed by atoms with van der Waals surface area (Å²) < 4.78 is 43.5. The second kappa shape index (κ2) is 5.83. The number of esters is 1. The summed E-state index contributed by atoms with van der Waals surface area (Å²) in [5.41, 5.74) is -0.306. The maximum Gasteiger partial charge on any atom is 0.416 e. The van der Waals surface area contributed by atoms with Gasteiger partial charge in [-0.3, -0.25) is 4.79 Å². The van der Waals surface area contributed by atoms with Gasteiger partial charge in [-0.15, -0.1) is 0 Å². The quantitative estimate of drug-likeness (QED) is 0.850. The van der Waals surface area contributed by atoms with Gasteiger partial charge in [0.1, 0.15) is 6.04 Å². The van der Waals surface area contributed by atoms with Gasteiger partial charge in [0.25, 0.3) is 0 Å². The van der Waals surface area contributed by atoms with Crippen molar-refractivity contribution in [2.24, 2.45) is 0 Å². The summed E-state index contributed by atoms with van der Waals surface area (Å²) in [4.78, 5) is 11.4. The van der Waals surface area contributed by atoms with E-state index in [2.05, 4.69) is 10.1 Å². The molecule has 1 aliphatic heterocycles. The first kappa shape index (κ1) is 14.8. The van der Waals surface area contributed by atoms with Gasteiger partial charge in [-0.2, -0.15) is 13.2 Å². The minimum absolute atomic E-state index is 0.242. The van der Waals surface area contributed by atoms with Gasteiger partial charge in [0.05, 0.1) is 12.7 Å². The third-order valence-corrected chi connectivity index (χ3v) is 3.61. The van der Waals surface area contributed by atoms with Crippen LogP contribution in [0.25, 0.3) is 0 Å². The summed E-state index contributed by atoms with van der Waals surface area (Å²) in [6.45, 7) is 0.340. The summed E-state index contributed by atoms with van der Waals surface area (Å²) in [5.74, 6) is -0.610. The van der Waals surface area contributed by atoms with E-state index < -0.39 is 17.8 Å². The molecule has 1 N–H and O–H groups in total. The van der Waals surface area contributed by atoms with Gasteiger partial charge in [-0.25, -0.2) is 0 Å². The SMILES string of the molecule is COC(=O)[C@H]1CC[C@H](c2ccccc2C(F)(F)F)CN1. The van der Waals surface area contributed by atoms with Crippen LogP contribution in [-0.2, 0) is 15.7 Å². The molecule has 0 saturated carbocycles. The van der Waals surface area contributed by atoms with E-state index in [-0.39, 0.29) is 17.5 Å². The molecular formula is C14H16F3NO2. The second-order valence-electron chi connectivity index (χ2n) is 4.84. The number of piperidine rings is 1. The zero-order chi connectivity index (χ0) is 14.8. The maximum atomic E-state index is 13.0. The number of halogens is 3. The molecule has 0 aromatic heterocycles. The van der Waals surface area contributed by atoms with Crippen molar-refractivity contribution in [2.45, 2.75) is 31.0 Å². The van der Waals surface area contributed by atoms with Crippen LogP contribution in [0.15, 0.2) is 24.3 Å². The predicted molar refractivity (Wildman–Crippen MR) is 67.2 cm³/mol. The standard InChI is InChI=1S/C14H16F3NO2/c1-20-13(19)12-7-6-9(8-18-12)10-4-2-3-5-11(10)14(15,16)17/h2-5,9,12,18H,6-8H2,1H3/t9-,12+/m0/s1. The topological polar surface area (TPSA) is 38.3 Å². The summed E-state index contributed by atoms with van der Waals surface area (Å²) in [7, 11) is 1.30. The fourth-order valence-electron chi connectivity index (χ4n) is 2.58. The van der Waals surface area contributed by atoms with Crippen LogP contribution in [0, 0.1) is 0 Å². The summed E-state index contributed by atoms with van der Waals surface area (Å²) in [6.07, 6.45) is -3.35. The largest absolute Gasteiger partial charge is 0.468 e. The molecule has 3 nitrogen and oxygen atoms in total. The lowest BCUT2D eigenvalue weighted by molar-refractivity contribution is -0.144. The Labute approximate surface area is 115 Å². The number of carbonyl (C=O) groups excluding carboxylic acids is 1. The fraction of sp³-hybridized carbons (Fsp3) is 0.500. The van der Waals surface area contributed by atoms with Crippen molar-refractivity contribution in [1.29, 1.82) is 0 Å². The molecule has 1 aliphatic rings. The Hall–Kier alpha value is -1.56. The molecule has 2 atom stereocenters. The normalized spacial score (nSPS) is 23.4. The zero-order valence-corrected chi connectivity index (χ0v) is 11.0. The monoisotopic (exact) mass is 287 g/mol. The van der Waals surface area contributed by atoms with Crippen LogP contribution in [0.2, 0.25) is 0 Å². The lowest BCUT2D eigenvalue weighted by atomic mass is 9.86. The van der Waals surface area contributed by atoms with Crippen molar-refractivity contribution < 1.29 is 22.7 Å². The molecule has 1 fully saturated rings. The first-order chi connectivity index (χ1) is 9.43. The van der Waals surface area contributed by atoms with Gasteiger partial charge in [0, 0.05) is 6.54 Å². The van der Waals surface area contributed by atoms with E-state index in [0.29, 0.717) is 19.4 Å². The molecule has 1 heterocycles. The first-order valence-corrected chi connectivity index (χ1v) is 6.41. The highest BCUT2D eigenvalue weighted by Gasteiger charge is 2.36. The fourth-order valence-corrected chi connectivity index (χ4v) is 2.58. The first-order valence-electron chi connectivity index (χ1n) is 6.41. The van der Waals surface area contributed by atoms with Gasteiger partial charge in [-0.05, 0) is 30.4 Å². The van der Waals surface area contributed by atoms with E-state index in [4.69, 9.17) is 0 Å². The molecule has 0 unspecified atom stereocenters. The summed E-state index contributed by atoms with van der Waals surface area (Å²) >= 11 is 0. The Morgan fingerprint density at radius 3 is 2.55 bits per heavy atom. The molecule has 0 spiro atoms. The van der Waals surface area contributed by atoms with Crippen molar-refractivity contribution in [1.82, 2.24) is 5.32 Å². The molecule has 1 aromatic carbocycles. The van der Waals surface area contributed by atoms with E-state index in [0.717, 1.165) is 6.07 Å². The van der Waals surface area contributed by atoms with Gasteiger partial charge in [-0.1, -0.05) is 18.2 Å². The van der Waals surface area contributed by atoms with Crippen LogP contribution in [0.1, 0.15) is 29.9 Å². The average molecular weight is 287 g/mol. The Morgan fingerprint density at radius 2 is 2.00 bits per heavy atom. The number of hydrogen-bond acceptors (Lipinski definition) is 3. The molecule has 0 aliphatic carbocycles. The van der Waals surface area contributed by atoms with Crippen molar-refractivity contribution >= 4 is 5.97 Å². The number of carbonyl (C=O) groups is 1. The summed E-state index contributed by atoms with van der Waals surface area (Å²) in [5, 5.41) is 2.96. The van der Waals surface area contributed by atoms with Gasteiger partial charge < -0.3 is 10.1 Å². The molecule has 0 amide bonds. The number of benzene rings is 1. The highest BCUT2D eigenvalue weighted by molar-refractivity contribution is 5.75. The smallest absolute Gasteiger partial charge is 0.416 e. The van der Waals surface area contributed by atoms with E-state index in [9.17, 15) is 18.0 Å². The van der Waals surface area contributed by atoms with Crippen molar-refractivity contribution in [3.8, 4) is 0 Å². The van der Waals surface area contributed by atoms with E-state index in [1.54, 1.807) is 6.07 Å². The molecule has 0 bridgehead atoms. The number of alkyl halides is 3. The lowest BCUT2D eigenvalue weighted by Crippen LogP contribution is -2.44. The Balaban J connectivity index is 2.13. The Morgan fingerprint density at radius 1 is 1.30 bits per heavy atom. The molecule has 1 saturated heterocycles. The Bertz CT molecular complexity index is 480.